The minimum Gasteiger partial charge on any atom is -0.394 e. The molecule has 34 atom stereocenters. The zero-order valence-electron chi connectivity index (χ0n) is 53.6. The number of ether oxygens (including phenoxy) is 12. The van der Waals surface area contributed by atoms with Gasteiger partial charge in [-0.2, -0.15) is 0 Å². The Bertz CT molecular complexity index is 2760. The van der Waals surface area contributed by atoms with E-state index in [1.165, 1.54) is 24.3 Å². The Morgan fingerprint density at radius 1 is 0.455 bits per heavy atom. The fraction of sp³-hybridized carbons (Fsp3) is 0.807. The van der Waals surface area contributed by atoms with Crippen LogP contribution in [0.15, 0.2) is 24.3 Å². The third-order valence-electron chi connectivity index (χ3n) is 17.3. The van der Waals surface area contributed by atoms with Crippen molar-refractivity contribution in [1.82, 2.24) is 21.3 Å². The molecule has 566 valence electrons. The Morgan fingerprint density at radius 3 is 1.33 bits per heavy atom. The molecule has 6 saturated heterocycles. The van der Waals surface area contributed by atoms with Crippen LogP contribution in [0.4, 0.5) is 5.69 Å². The maximum atomic E-state index is 13.0. The molecule has 0 aliphatic carbocycles. The van der Waals surface area contributed by atoms with E-state index in [1.807, 2.05) is 0 Å². The third kappa shape index (κ3) is 19.3. The molecule has 7 rings (SSSR count). The summed E-state index contributed by atoms with van der Waals surface area (Å²) in [6.07, 6.45) is -61.9. The number of carbonyl (C=O) groups excluding carboxylic acids is 5. The summed E-state index contributed by atoms with van der Waals surface area (Å²) in [5.74, 6) is -4.22. The van der Waals surface area contributed by atoms with Crippen LogP contribution < -0.4 is 32.3 Å². The number of anilines is 1. The molecule has 0 radical (unpaired) electrons. The second kappa shape index (κ2) is 36.5. The number of benzene rings is 1. The monoisotopic (exact) mass is 1440 g/mol. The molecule has 0 bridgehead atoms. The lowest BCUT2D eigenvalue weighted by atomic mass is 9.94. The lowest BCUT2D eigenvalue weighted by molar-refractivity contribution is -0.395. The van der Waals surface area contributed by atoms with Gasteiger partial charge in [0.15, 0.2) is 37.7 Å². The zero-order chi connectivity index (χ0) is 73.2. The van der Waals surface area contributed by atoms with Gasteiger partial charge in [0.2, 0.25) is 23.6 Å². The van der Waals surface area contributed by atoms with Crippen LogP contribution in [-0.4, -0.2) is 388 Å². The van der Waals surface area contributed by atoms with Crippen LogP contribution in [-0.2, 0) is 76.0 Å². The molecule has 1 aromatic rings. The molecule has 0 spiro atoms. The summed E-state index contributed by atoms with van der Waals surface area (Å²) in [5.41, 5.74) is 5.65. The van der Waals surface area contributed by atoms with Crippen molar-refractivity contribution in [3.63, 3.8) is 0 Å². The van der Waals surface area contributed by atoms with Crippen LogP contribution in [0.5, 0.6) is 0 Å². The summed E-state index contributed by atoms with van der Waals surface area (Å²) in [5, 5.41) is 224. The number of rotatable bonds is 30. The lowest BCUT2D eigenvalue weighted by Crippen LogP contribution is -2.70. The quantitative estimate of drug-likeness (QED) is 0.0340. The van der Waals surface area contributed by atoms with E-state index in [9.17, 15) is 121 Å². The summed E-state index contributed by atoms with van der Waals surface area (Å²) in [7, 11) is 0. The van der Waals surface area contributed by atoms with Gasteiger partial charge in [-0.25, -0.2) is 0 Å². The third-order valence-corrected chi connectivity index (χ3v) is 17.3. The Kier molecular flexibility index (Phi) is 30.0. The minimum atomic E-state index is -2.49. The molecular weight excluding hydrogens is 1340 g/mol. The predicted octanol–water partition coefficient (Wildman–Crippen LogP) is -14.8. The van der Waals surface area contributed by atoms with Crippen LogP contribution in [0.25, 0.3) is 0 Å². The van der Waals surface area contributed by atoms with Crippen molar-refractivity contribution in [1.29, 1.82) is 0 Å². The Morgan fingerprint density at radius 2 is 0.869 bits per heavy atom. The first kappa shape index (κ1) is 81.4. The summed E-state index contributed by atoms with van der Waals surface area (Å²) >= 11 is 0. The van der Waals surface area contributed by atoms with Crippen molar-refractivity contribution in [2.45, 2.75) is 236 Å². The molecule has 26 N–H and O–H groups in total. The largest absolute Gasteiger partial charge is 0.394 e. The fourth-order valence-electron chi connectivity index (χ4n) is 12.2. The Balaban J connectivity index is 1.25. The lowest BCUT2D eigenvalue weighted by Gasteiger charge is -2.50. The normalized spacial score (nSPS) is 40.9. The highest BCUT2D eigenvalue weighted by Crippen LogP contribution is 2.38. The van der Waals surface area contributed by atoms with Crippen LogP contribution in [0, 0.1) is 0 Å². The molecule has 99 heavy (non-hydrogen) atoms. The molecule has 6 heterocycles. The van der Waals surface area contributed by atoms with E-state index in [0.717, 1.165) is 27.7 Å². The van der Waals surface area contributed by atoms with Gasteiger partial charge < -0.3 is 186 Å². The SMILES string of the molecule is CC(=O)NC1[C@H](OC2[C@@H](O[C@@H]3C(O)[C@H](O[C@@H]4C(CO)O[C@@H](O[C@H](C(O)CO)[C@H](O)C(CNc5ccccc5C(N)=O)NC(C)=O)C(NC(C)=O)[C@H]4O)OC(CO[C@H]4OC(CO)[C@@H](O)[C@H](O)C4O[C@@H]4OC(CO)[C@@H](O)[C@H](O)C4NC(C)=O)[C@H]3O)OC(CO)[C@@H](O)[C@@H]2O)OC(CO)[C@@H](O)[C@@H]1O. The van der Waals surface area contributed by atoms with E-state index in [4.69, 9.17) is 62.6 Å². The highest BCUT2D eigenvalue weighted by molar-refractivity contribution is 5.98. The number of hydrogen-bond acceptors (Lipinski definition) is 37. The predicted molar refractivity (Wildman–Crippen MR) is 317 cm³/mol. The first-order valence-corrected chi connectivity index (χ1v) is 31.4. The van der Waals surface area contributed by atoms with Crippen LogP contribution in [0.2, 0.25) is 0 Å². The minimum absolute atomic E-state index is 0.0108. The van der Waals surface area contributed by atoms with E-state index in [0.29, 0.717) is 0 Å². The van der Waals surface area contributed by atoms with Gasteiger partial charge >= 0.3 is 0 Å². The topological polar surface area (TPSA) is 667 Å². The number of aliphatic hydroxyl groups excluding tert-OH is 19. The van der Waals surface area contributed by atoms with Crippen molar-refractivity contribution in [3.05, 3.63) is 29.8 Å². The van der Waals surface area contributed by atoms with Gasteiger partial charge in [0, 0.05) is 39.9 Å². The molecule has 1 aromatic carbocycles. The van der Waals surface area contributed by atoms with Gasteiger partial charge in [-0.1, -0.05) is 12.1 Å². The van der Waals surface area contributed by atoms with Gasteiger partial charge in [-0.15, -0.1) is 0 Å². The van der Waals surface area contributed by atoms with Crippen molar-refractivity contribution in [2.24, 2.45) is 5.73 Å². The highest BCUT2D eigenvalue weighted by Gasteiger charge is 2.59. The summed E-state index contributed by atoms with van der Waals surface area (Å²) < 4.78 is 71.6. The second-order valence-corrected chi connectivity index (χ2v) is 24.4. The van der Waals surface area contributed by atoms with Crippen molar-refractivity contribution < 1.29 is 178 Å². The van der Waals surface area contributed by atoms with Crippen molar-refractivity contribution in [3.8, 4) is 0 Å². The zero-order valence-corrected chi connectivity index (χ0v) is 53.6. The first-order valence-electron chi connectivity index (χ1n) is 31.4. The molecule has 0 saturated carbocycles. The van der Waals surface area contributed by atoms with Gasteiger partial charge in [0.1, 0.15) is 165 Å². The molecular formula is C57H92N6O36. The number of amides is 5. The number of nitrogens with two attached hydrogens (primary N) is 1. The highest BCUT2D eigenvalue weighted by atomic mass is 16.8. The molecule has 6 aliphatic heterocycles. The molecule has 0 aromatic heterocycles. The van der Waals surface area contributed by atoms with Gasteiger partial charge in [0.05, 0.1) is 57.9 Å². The second-order valence-electron chi connectivity index (χ2n) is 24.4. The molecule has 6 aliphatic rings. The number of nitrogens with one attached hydrogen (secondary N) is 5. The number of aliphatic hydroxyl groups is 19. The van der Waals surface area contributed by atoms with E-state index >= 15 is 0 Å². The Labute approximate surface area is 562 Å². The summed E-state index contributed by atoms with van der Waals surface area (Å²) in [4.78, 5) is 62.6. The molecule has 42 nitrogen and oxygen atoms in total. The standard InChI is InChI=1S/C57H92N6O36/c1-17(70)60-23(9-59-22-8-6-5-7-21(22)51(58)87)34(75)46(24(74)10-64)95-54-33(63-20(4)73)42(83)47(29(15-69)93-54)96-55-45(86)48(97-57-50(44(85)38(79)28(14-68)92-57)99-53-32(62-19(3)72)41(82)36(77)26(12-66)90-53)39(80)30(94-55)16-88-56-49(43(84)37(78)27(13-67)91-56)98-52-31(61-18(2)71)40(81)35(76)25(11-65)89-52/h5-8,23-50,52-57,59,64-69,74-86H,9-16H2,1-4H3,(H2,58,87)(H,60,70)(H,61,71)(H,62,72)(H,63,73)/t23?,24?,25?,26?,27?,28?,29?,30?,31?,32?,33?,34-,35-,36-,37-,38-,39-,40-,41-,42-,43+,44+,45?,46-,47-,48+,49?,50?,52+,53+,54+,55+,56+,57-/m1/s1. The summed E-state index contributed by atoms with van der Waals surface area (Å²) in [6, 6.07) is -1.04. The van der Waals surface area contributed by atoms with E-state index < -0.39 is 291 Å². The van der Waals surface area contributed by atoms with Crippen LogP contribution >= 0.6 is 0 Å². The average Bonchev–Trinajstić information content (AvgIpc) is 0.776. The molecule has 6 fully saturated rings. The van der Waals surface area contributed by atoms with Crippen LogP contribution in [0.3, 0.4) is 0 Å². The number of carbonyl (C=O) groups is 5. The van der Waals surface area contributed by atoms with Crippen molar-refractivity contribution >= 4 is 35.2 Å². The van der Waals surface area contributed by atoms with Gasteiger partial charge in [-0.3, -0.25) is 24.0 Å². The smallest absolute Gasteiger partial charge is 0.250 e. The average molecular weight is 1440 g/mol. The molecule has 5 amide bonds. The van der Waals surface area contributed by atoms with Gasteiger partial charge in [0.25, 0.3) is 5.91 Å². The molecule has 42 heteroatoms. The number of primary amides is 1. The fourth-order valence-corrected chi connectivity index (χ4v) is 12.2. The van der Waals surface area contributed by atoms with Crippen LogP contribution in [0.1, 0.15) is 38.1 Å². The number of hydrogen-bond donors (Lipinski definition) is 25. The van der Waals surface area contributed by atoms with E-state index in [-0.39, 0.29) is 11.3 Å². The summed E-state index contributed by atoms with van der Waals surface area (Å²) in [6.45, 7) is -3.99. The first-order chi connectivity index (χ1) is 46.8. The van der Waals surface area contributed by atoms with E-state index in [1.54, 1.807) is 0 Å². The van der Waals surface area contributed by atoms with Gasteiger partial charge in [-0.05, 0) is 12.1 Å². The number of para-hydroxylation sites is 1. The molecule has 14 unspecified atom stereocenters. The Hall–Kier alpha value is -4.87. The maximum absolute atomic E-state index is 13.0. The maximum Gasteiger partial charge on any atom is 0.250 e. The van der Waals surface area contributed by atoms with E-state index in [2.05, 4.69) is 26.6 Å². The van der Waals surface area contributed by atoms with Crippen molar-refractivity contribution in [2.75, 3.05) is 58.1 Å².